The molecule has 0 bridgehead atoms. The molecule has 0 aromatic heterocycles. The monoisotopic (exact) mass is 261 g/mol. The topological polar surface area (TPSA) is 49.3 Å². The Bertz CT molecular complexity index is 569. The predicted octanol–water partition coefficient (Wildman–Crippen LogP) is 3.08. The van der Waals surface area contributed by atoms with Gasteiger partial charge in [0.05, 0.1) is 6.61 Å². The Balaban J connectivity index is 2.16. The van der Waals surface area contributed by atoms with Gasteiger partial charge in [-0.3, -0.25) is 4.79 Å². The first kappa shape index (κ1) is 12.6. The summed E-state index contributed by atoms with van der Waals surface area (Å²) in [5.41, 5.74) is 1.89. The molecule has 0 aliphatic heterocycles. The van der Waals surface area contributed by atoms with Gasteiger partial charge in [0.25, 0.3) is 5.91 Å². The lowest BCUT2D eigenvalue weighted by molar-refractivity contribution is 0.102. The summed E-state index contributed by atoms with van der Waals surface area (Å²) in [5.74, 6) is -0.229. The van der Waals surface area contributed by atoms with E-state index in [1.165, 1.54) is 0 Å². The summed E-state index contributed by atoms with van der Waals surface area (Å²) < 4.78 is 0. The number of carbonyl (C=O) groups excluding carboxylic acids is 1. The second kappa shape index (κ2) is 5.67. The lowest BCUT2D eigenvalue weighted by atomic mass is 10.2. The fourth-order valence-corrected chi connectivity index (χ4v) is 1.77. The Morgan fingerprint density at radius 3 is 2.67 bits per heavy atom. The summed E-state index contributed by atoms with van der Waals surface area (Å²) >= 11 is 5.83. The first-order valence-corrected chi connectivity index (χ1v) is 5.83. The summed E-state index contributed by atoms with van der Waals surface area (Å²) in [5, 5.41) is 12.3. The van der Waals surface area contributed by atoms with Crippen LogP contribution in [-0.4, -0.2) is 11.0 Å². The van der Waals surface area contributed by atoms with Gasteiger partial charge in [0.2, 0.25) is 0 Å². The molecule has 92 valence electrons. The first-order chi connectivity index (χ1) is 8.69. The fraction of sp³-hybridized carbons (Fsp3) is 0.0714. The molecule has 0 aliphatic rings. The van der Waals surface area contributed by atoms with Gasteiger partial charge in [-0.2, -0.15) is 0 Å². The fourth-order valence-electron chi connectivity index (χ4n) is 1.58. The van der Waals surface area contributed by atoms with Gasteiger partial charge in [-0.25, -0.2) is 0 Å². The smallest absolute Gasteiger partial charge is 0.255 e. The number of hydrogen-bond acceptors (Lipinski definition) is 2. The van der Waals surface area contributed by atoms with Gasteiger partial charge < -0.3 is 10.4 Å². The van der Waals surface area contributed by atoms with E-state index in [1.807, 2.05) is 0 Å². The van der Waals surface area contributed by atoms with Crippen LogP contribution in [0.2, 0.25) is 5.02 Å². The second-order valence-electron chi connectivity index (χ2n) is 3.82. The minimum atomic E-state index is -0.229. The molecule has 2 aromatic carbocycles. The number of halogens is 1. The van der Waals surface area contributed by atoms with Crippen LogP contribution in [0.25, 0.3) is 0 Å². The molecule has 4 heteroatoms. The van der Waals surface area contributed by atoms with Crippen molar-refractivity contribution in [3.63, 3.8) is 0 Å². The number of amides is 1. The van der Waals surface area contributed by atoms with Crippen LogP contribution in [0.5, 0.6) is 0 Å². The van der Waals surface area contributed by atoms with E-state index in [1.54, 1.807) is 48.5 Å². The third kappa shape index (κ3) is 3.09. The lowest BCUT2D eigenvalue weighted by Gasteiger charge is -2.06. The molecule has 0 saturated heterocycles. The summed E-state index contributed by atoms with van der Waals surface area (Å²) in [6, 6.07) is 13.8. The average molecular weight is 262 g/mol. The summed E-state index contributed by atoms with van der Waals surface area (Å²) in [6.45, 7) is -0.0547. The minimum absolute atomic E-state index is 0.0547. The number of aliphatic hydroxyl groups excluding tert-OH is 1. The highest BCUT2D eigenvalue weighted by molar-refractivity contribution is 6.31. The van der Waals surface area contributed by atoms with E-state index >= 15 is 0 Å². The van der Waals surface area contributed by atoms with Crippen molar-refractivity contribution in [3.05, 3.63) is 64.7 Å². The molecular formula is C14H12ClNO2. The van der Waals surface area contributed by atoms with Crippen molar-refractivity contribution in [1.82, 2.24) is 0 Å². The molecule has 0 fully saturated rings. The van der Waals surface area contributed by atoms with Crippen molar-refractivity contribution in [3.8, 4) is 0 Å². The van der Waals surface area contributed by atoms with Crippen LogP contribution in [-0.2, 0) is 6.61 Å². The normalized spacial score (nSPS) is 10.1. The molecule has 0 unspecified atom stereocenters. The largest absolute Gasteiger partial charge is 0.392 e. The van der Waals surface area contributed by atoms with Crippen molar-refractivity contribution >= 4 is 23.2 Å². The van der Waals surface area contributed by atoms with Crippen LogP contribution >= 0.6 is 11.6 Å². The van der Waals surface area contributed by atoms with Crippen LogP contribution in [0.4, 0.5) is 5.69 Å². The molecule has 0 radical (unpaired) electrons. The van der Waals surface area contributed by atoms with Crippen LogP contribution in [0.1, 0.15) is 15.9 Å². The van der Waals surface area contributed by atoms with Gasteiger partial charge in [0, 0.05) is 16.3 Å². The van der Waals surface area contributed by atoms with Crippen molar-refractivity contribution in [2.24, 2.45) is 0 Å². The average Bonchev–Trinajstić information content (AvgIpc) is 2.39. The van der Waals surface area contributed by atoms with Gasteiger partial charge in [0.15, 0.2) is 0 Å². The number of hydrogen-bond donors (Lipinski definition) is 2. The maximum Gasteiger partial charge on any atom is 0.255 e. The van der Waals surface area contributed by atoms with Gasteiger partial charge >= 0.3 is 0 Å². The standard InChI is InChI=1S/C14H12ClNO2/c15-12-5-2-4-11(8-12)14(18)16-13-6-1-3-10(7-13)9-17/h1-8,17H,9H2,(H,16,18). The number of nitrogens with one attached hydrogen (secondary N) is 1. The van der Waals surface area contributed by atoms with Crippen LogP contribution in [0, 0.1) is 0 Å². The minimum Gasteiger partial charge on any atom is -0.392 e. The van der Waals surface area contributed by atoms with E-state index < -0.39 is 0 Å². The highest BCUT2D eigenvalue weighted by atomic mass is 35.5. The quantitative estimate of drug-likeness (QED) is 0.892. The van der Waals surface area contributed by atoms with Crippen molar-refractivity contribution in [1.29, 1.82) is 0 Å². The van der Waals surface area contributed by atoms with Gasteiger partial charge in [-0.05, 0) is 35.9 Å². The first-order valence-electron chi connectivity index (χ1n) is 5.46. The van der Waals surface area contributed by atoms with E-state index in [0.717, 1.165) is 5.56 Å². The maximum absolute atomic E-state index is 11.9. The van der Waals surface area contributed by atoms with Gasteiger partial charge in [-0.1, -0.05) is 29.8 Å². The van der Waals surface area contributed by atoms with Crippen LogP contribution < -0.4 is 5.32 Å². The van der Waals surface area contributed by atoms with Crippen LogP contribution in [0.15, 0.2) is 48.5 Å². The summed E-state index contributed by atoms with van der Waals surface area (Å²) in [6.07, 6.45) is 0. The third-order valence-corrected chi connectivity index (χ3v) is 2.69. The van der Waals surface area contributed by atoms with Crippen molar-refractivity contribution in [2.75, 3.05) is 5.32 Å². The second-order valence-corrected chi connectivity index (χ2v) is 4.26. The Morgan fingerprint density at radius 1 is 1.17 bits per heavy atom. The number of anilines is 1. The highest BCUT2D eigenvalue weighted by Crippen LogP contribution is 2.14. The Kier molecular flexibility index (Phi) is 3.97. The zero-order valence-electron chi connectivity index (χ0n) is 9.56. The van der Waals surface area contributed by atoms with Gasteiger partial charge in [-0.15, -0.1) is 0 Å². The maximum atomic E-state index is 11.9. The van der Waals surface area contributed by atoms with Gasteiger partial charge in [0.1, 0.15) is 0 Å². The number of benzene rings is 2. The van der Waals surface area contributed by atoms with E-state index in [0.29, 0.717) is 16.3 Å². The summed E-state index contributed by atoms with van der Waals surface area (Å²) in [7, 11) is 0. The van der Waals surface area contributed by atoms with E-state index in [4.69, 9.17) is 16.7 Å². The molecule has 0 spiro atoms. The Labute approximate surface area is 110 Å². The molecule has 2 N–H and O–H groups in total. The Morgan fingerprint density at radius 2 is 1.94 bits per heavy atom. The molecule has 0 saturated carbocycles. The van der Waals surface area contributed by atoms with Crippen molar-refractivity contribution < 1.29 is 9.90 Å². The third-order valence-electron chi connectivity index (χ3n) is 2.45. The molecule has 0 heterocycles. The Hall–Kier alpha value is -1.84. The lowest BCUT2D eigenvalue weighted by Crippen LogP contribution is -2.11. The SMILES string of the molecule is O=C(Nc1cccc(CO)c1)c1cccc(Cl)c1. The molecular weight excluding hydrogens is 250 g/mol. The molecule has 0 aliphatic carbocycles. The van der Waals surface area contributed by atoms with E-state index in [2.05, 4.69) is 5.32 Å². The van der Waals surface area contributed by atoms with Crippen LogP contribution in [0.3, 0.4) is 0 Å². The molecule has 2 rings (SSSR count). The number of rotatable bonds is 3. The zero-order valence-corrected chi connectivity index (χ0v) is 10.3. The molecule has 1 amide bonds. The number of aliphatic hydroxyl groups is 1. The summed E-state index contributed by atoms with van der Waals surface area (Å²) in [4.78, 5) is 11.9. The van der Waals surface area contributed by atoms with E-state index in [-0.39, 0.29) is 12.5 Å². The predicted molar refractivity (Wildman–Crippen MR) is 71.8 cm³/mol. The molecule has 18 heavy (non-hydrogen) atoms. The number of carbonyl (C=O) groups is 1. The van der Waals surface area contributed by atoms with E-state index in [9.17, 15) is 4.79 Å². The molecule has 3 nitrogen and oxygen atoms in total. The highest BCUT2D eigenvalue weighted by Gasteiger charge is 2.06. The molecule has 2 aromatic rings. The zero-order chi connectivity index (χ0) is 13.0. The molecule has 0 atom stereocenters. The van der Waals surface area contributed by atoms with Crippen molar-refractivity contribution in [2.45, 2.75) is 6.61 Å².